The summed E-state index contributed by atoms with van der Waals surface area (Å²) in [7, 11) is 2.18. The van der Waals surface area contributed by atoms with Crippen molar-refractivity contribution in [2.45, 2.75) is 32.9 Å². The quantitative estimate of drug-likeness (QED) is 0.731. The molecule has 3 rings (SSSR count). The summed E-state index contributed by atoms with van der Waals surface area (Å²) in [5, 5.41) is 0. The van der Waals surface area contributed by atoms with Gasteiger partial charge in [0.2, 0.25) is 0 Å². The highest BCUT2D eigenvalue weighted by Gasteiger charge is 2.23. The molecule has 0 amide bonds. The van der Waals surface area contributed by atoms with Gasteiger partial charge in [0.1, 0.15) is 0 Å². The maximum atomic E-state index is 4.66. The molecule has 0 spiro atoms. The van der Waals surface area contributed by atoms with Crippen LogP contribution in [0.3, 0.4) is 0 Å². The van der Waals surface area contributed by atoms with Crippen LogP contribution in [0.2, 0.25) is 0 Å². The molecule has 1 aliphatic rings. The van der Waals surface area contributed by atoms with Crippen LogP contribution in [0.5, 0.6) is 0 Å². The fraction of sp³-hybridized carbons (Fsp3) is 0.462. The Hall–Kier alpha value is -1.35. The number of rotatable bonds is 0. The second-order valence-electron chi connectivity index (χ2n) is 4.90. The molecule has 0 aromatic carbocycles. The van der Waals surface area contributed by atoms with E-state index in [2.05, 4.69) is 47.9 Å². The summed E-state index contributed by atoms with van der Waals surface area (Å²) in [5.74, 6) is 0. The zero-order chi connectivity index (χ0) is 11.3. The molecule has 0 fully saturated rings. The van der Waals surface area contributed by atoms with Crippen molar-refractivity contribution >= 4 is 11.0 Å². The van der Waals surface area contributed by atoms with Crippen LogP contribution in [0.25, 0.3) is 11.0 Å². The highest BCUT2D eigenvalue weighted by atomic mass is 15.1. The van der Waals surface area contributed by atoms with E-state index < -0.39 is 0 Å². The number of likely N-dealkylation sites (N-methyl/N-ethyl adjacent to an activating group) is 1. The van der Waals surface area contributed by atoms with E-state index in [4.69, 9.17) is 0 Å². The van der Waals surface area contributed by atoms with Gasteiger partial charge >= 0.3 is 0 Å². The van der Waals surface area contributed by atoms with Gasteiger partial charge in [0.05, 0.1) is 11.0 Å². The summed E-state index contributed by atoms with van der Waals surface area (Å²) in [6.45, 7) is 5.33. The summed E-state index contributed by atoms with van der Waals surface area (Å²) < 4.78 is 0. The standard InChI is InChI=1S/C13H17N3/c1-8-4-5-11-13(14-8)10-6-9(2)16(3)7-12(10)15-11/h4-5,9,15H,6-7H2,1-3H3/t9-/m0/s1. The van der Waals surface area contributed by atoms with Crippen molar-refractivity contribution in [3.05, 3.63) is 29.1 Å². The number of nitrogens with zero attached hydrogens (tertiary/aromatic N) is 2. The van der Waals surface area contributed by atoms with E-state index in [0.29, 0.717) is 6.04 Å². The Morgan fingerprint density at radius 2 is 2.25 bits per heavy atom. The molecule has 16 heavy (non-hydrogen) atoms. The molecule has 0 bridgehead atoms. The van der Waals surface area contributed by atoms with Crippen molar-refractivity contribution in [2.75, 3.05) is 7.05 Å². The van der Waals surface area contributed by atoms with E-state index in [1.54, 1.807) is 0 Å². The third-order valence-electron chi connectivity index (χ3n) is 3.63. The molecule has 2 aromatic rings. The minimum atomic E-state index is 0.605. The number of aromatic nitrogens is 2. The molecule has 1 atom stereocenters. The Bertz CT molecular complexity index is 541. The first-order valence-electron chi connectivity index (χ1n) is 5.82. The van der Waals surface area contributed by atoms with Gasteiger partial charge < -0.3 is 4.98 Å². The number of nitrogens with one attached hydrogen (secondary N) is 1. The topological polar surface area (TPSA) is 31.9 Å². The Balaban J connectivity index is 2.21. The highest BCUT2D eigenvalue weighted by molar-refractivity contribution is 5.81. The van der Waals surface area contributed by atoms with Crippen molar-refractivity contribution in [2.24, 2.45) is 0 Å². The summed E-state index contributed by atoms with van der Waals surface area (Å²) in [6, 6.07) is 4.81. The highest BCUT2D eigenvalue weighted by Crippen LogP contribution is 2.28. The molecule has 2 aromatic heterocycles. The second-order valence-corrected chi connectivity index (χ2v) is 4.90. The Morgan fingerprint density at radius 3 is 3.06 bits per heavy atom. The maximum Gasteiger partial charge on any atom is 0.0917 e. The first-order chi connectivity index (χ1) is 7.65. The van der Waals surface area contributed by atoms with E-state index >= 15 is 0 Å². The first-order valence-corrected chi connectivity index (χ1v) is 5.82. The van der Waals surface area contributed by atoms with Gasteiger partial charge in [-0.25, -0.2) is 0 Å². The third kappa shape index (κ3) is 1.35. The zero-order valence-corrected chi connectivity index (χ0v) is 10.0. The largest absolute Gasteiger partial charge is 0.356 e. The monoisotopic (exact) mass is 215 g/mol. The van der Waals surface area contributed by atoms with E-state index in [0.717, 1.165) is 18.7 Å². The molecule has 84 valence electrons. The lowest BCUT2D eigenvalue weighted by Gasteiger charge is -2.29. The number of hydrogen-bond donors (Lipinski definition) is 1. The van der Waals surface area contributed by atoms with E-state index in [-0.39, 0.29) is 0 Å². The van der Waals surface area contributed by atoms with Crippen LogP contribution in [-0.2, 0) is 13.0 Å². The SMILES string of the molecule is Cc1ccc2[nH]c3c(c2n1)C[C@H](C)N(C)C3. The van der Waals surface area contributed by atoms with Gasteiger partial charge in [0.25, 0.3) is 0 Å². The fourth-order valence-electron chi connectivity index (χ4n) is 2.48. The van der Waals surface area contributed by atoms with Crippen LogP contribution in [0.4, 0.5) is 0 Å². The molecular formula is C13H17N3. The number of hydrogen-bond acceptors (Lipinski definition) is 2. The van der Waals surface area contributed by atoms with Crippen LogP contribution in [0.15, 0.2) is 12.1 Å². The molecule has 3 heteroatoms. The van der Waals surface area contributed by atoms with Crippen molar-refractivity contribution in [3.63, 3.8) is 0 Å². The Morgan fingerprint density at radius 1 is 1.44 bits per heavy atom. The summed E-state index contributed by atoms with van der Waals surface area (Å²) in [6.07, 6.45) is 1.10. The van der Waals surface area contributed by atoms with E-state index in [9.17, 15) is 0 Å². The van der Waals surface area contributed by atoms with Crippen molar-refractivity contribution in [3.8, 4) is 0 Å². The second kappa shape index (κ2) is 3.32. The van der Waals surface area contributed by atoms with E-state index in [1.807, 2.05) is 0 Å². The summed E-state index contributed by atoms with van der Waals surface area (Å²) in [5.41, 5.74) is 6.21. The number of fused-ring (bicyclic) bond motifs is 3. The van der Waals surface area contributed by atoms with Crippen molar-refractivity contribution < 1.29 is 0 Å². The minimum Gasteiger partial charge on any atom is -0.356 e. The molecule has 0 saturated carbocycles. The zero-order valence-electron chi connectivity index (χ0n) is 10.0. The van der Waals surface area contributed by atoms with Crippen LogP contribution in [0, 0.1) is 6.92 Å². The molecular weight excluding hydrogens is 198 g/mol. The van der Waals surface area contributed by atoms with Crippen molar-refractivity contribution in [1.29, 1.82) is 0 Å². The lowest BCUT2D eigenvalue weighted by atomic mass is 10.0. The van der Waals surface area contributed by atoms with Gasteiger partial charge in [0, 0.05) is 29.5 Å². The summed E-state index contributed by atoms with van der Waals surface area (Å²) in [4.78, 5) is 10.5. The average molecular weight is 215 g/mol. The van der Waals surface area contributed by atoms with Gasteiger partial charge in [0.15, 0.2) is 0 Å². The third-order valence-corrected chi connectivity index (χ3v) is 3.63. The Kier molecular flexibility index (Phi) is 2.04. The lowest BCUT2D eigenvalue weighted by Crippen LogP contribution is -2.34. The predicted molar refractivity (Wildman–Crippen MR) is 65.5 cm³/mol. The van der Waals surface area contributed by atoms with Crippen LogP contribution < -0.4 is 0 Å². The molecule has 0 radical (unpaired) electrons. The molecule has 0 saturated heterocycles. The molecule has 3 heterocycles. The first kappa shape index (κ1) is 9.85. The van der Waals surface area contributed by atoms with Crippen molar-refractivity contribution in [1.82, 2.24) is 14.9 Å². The van der Waals surface area contributed by atoms with Gasteiger partial charge in [-0.2, -0.15) is 0 Å². The number of aromatic amines is 1. The summed E-state index contributed by atoms with van der Waals surface area (Å²) >= 11 is 0. The number of pyridine rings is 1. The number of H-pyrrole nitrogens is 1. The maximum absolute atomic E-state index is 4.66. The average Bonchev–Trinajstić information content (AvgIpc) is 2.57. The van der Waals surface area contributed by atoms with E-state index in [1.165, 1.54) is 22.3 Å². The molecule has 1 N–H and O–H groups in total. The smallest absolute Gasteiger partial charge is 0.0917 e. The molecule has 1 aliphatic heterocycles. The van der Waals surface area contributed by atoms with Crippen LogP contribution in [0.1, 0.15) is 23.9 Å². The van der Waals surface area contributed by atoms with Gasteiger partial charge in [-0.05, 0) is 39.4 Å². The minimum absolute atomic E-state index is 0.605. The predicted octanol–water partition coefficient (Wildman–Crippen LogP) is 2.25. The lowest BCUT2D eigenvalue weighted by molar-refractivity contribution is 0.229. The van der Waals surface area contributed by atoms with Gasteiger partial charge in [-0.1, -0.05) is 0 Å². The molecule has 0 aliphatic carbocycles. The van der Waals surface area contributed by atoms with Gasteiger partial charge in [-0.15, -0.1) is 0 Å². The van der Waals surface area contributed by atoms with Crippen LogP contribution in [-0.4, -0.2) is 28.0 Å². The normalized spacial score (nSPS) is 21.3. The Labute approximate surface area is 95.5 Å². The molecule has 3 nitrogen and oxygen atoms in total. The van der Waals surface area contributed by atoms with Gasteiger partial charge in [-0.3, -0.25) is 9.88 Å². The number of aryl methyl sites for hydroxylation is 1. The molecule has 0 unspecified atom stereocenters. The fourth-order valence-corrected chi connectivity index (χ4v) is 2.48. The van der Waals surface area contributed by atoms with Crippen LogP contribution >= 0.6 is 0 Å².